The van der Waals surface area contributed by atoms with Crippen LogP contribution in [0.4, 0.5) is 0 Å². The highest BCUT2D eigenvalue weighted by Gasteiger charge is 2.10. The summed E-state index contributed by atoms with van der Waals surface area (Å²) < 4.78 is 1.78. The molecule has 25 heavy (non-hydrogen) atoms. The van der Waals surface area contributed by atoms with Crippen LogP contribution in [0, 0.1) is 0 Å². The number of nitrogens with zero attached hydrogens (tertiary/aromatic N) is 4. The molecule has 1 unspecified atom stereocenters. The van der Waals surface area contributed by atoms with Crippen LogP contribution >= 0.6 is 0 Å². The number of aliphatic imine (C=N–C) groups is 1. The average molecular weight is 342 g/mol. The van der Waals surface area contributed by atoms with Gasteiger partial charge in [-0.15, -0.1) is 0 Å². The smallest absolute Gasteiger partial charge is 0.241 e. The molecule has 7 nitrogen and oxygen atoms in total. The van der Waals surface area contributed by atoms with E-state index >= 15 is 0 Å². The van der Waals surface area contributed by atoms with Crippen molar-refractivity contribution in [2.24, 2.45) is 12.0 Å². The third-order valence-corrected chi connectivity index (χ3v) is 3.88. The molecule has 1 aromatic carbocycles. The Morgan fingerprint density at radius 1 is 1.28 bits per heavy atom. The van der Waals surface area contributed by atoms with Crippen LogP contribution < -0.4 is 10.6 Å². The Morgan fingerprint density at radius 3 is 2.60 bits per heavy atom. The van der Waals surface area contributed by atoms with Gasteiger partial charge in [-0.05, 0) is 18.6 Å². The minimum absolute atomic E-state index is 0.0117. The largest absolute Gasteiger partial charge is 0.350 e. The Bertz CT molecular complexity index is 707. The van der Waals surface area contributed by atoms with Gasteiger partial charge in [-0.3, -0.25) is 9.48 Å². The zero-order chi connectivity index (χ0) is 18.2. The Hall–Kier alpha value is -2.83. The van der Waals surface area contributed by atoms with E-state index < -0.39 is 0 Å². The molecule has 2 N–H and O–H groups in total. The van der Waals surface area contributed by atoms with Crippen molar-refractivity contribution in [3.05, 3.63) is 53.9 Å². The maximum atomic E-state index is 11.9. The van der Waals surface area contributed by atoms with Crippen LogP contribution in [0.5, 0.6) is 0 Å². The van der Waals surface area contributed by atoms with Crippen molar-refractivity contribution in [3.8, 4) is 0 Å². The van der Waals surface area contributed by atoms with E-state index in [2.05, 4.69) is 39.8 Å². The Kier molecular flexibility index (Phi) is 6.56. The number of nitrogens with one attached hydrogen (secondary N) is 2. The second-order valence-electron chi connectivity index (χ2n) is 6.03. The van der Waals surface area contributed by atoms with Gasteiger partial charge in [0.2, 0.25) is 5.91 Å². The van der Waals surface area contributed by atoms with Crippen LogP contribution in [0.15, 0.2) is 47.6 Å². The Labute approximate surface area is 148 Å². The maximum Gasteiger partial charge on any atom is 0.241 e. The van der Waals surface area contributed by atoms with Crippen LogP contribution in [0.2, 0.25) is 0 Å². The van der Waals surface area contributed by atoms with E-state index in [1.165, 1.54) is 0 Å². The predicted molar refractivity (Wildman–Crippen MR) is 99.0 cm³/mol. The second kappa shape index (κ2) is 8.86. The van der Waals surface area contributed by atoms with E-state index in [4.69, 9.17) is 0 Å². The number of carbonyl (C=O) groups is 1. The van der Waals surface area contributed by atoms with Crippen molar-refractivity contribution >= 4 is 11.9 Å². The first-order chi connectivity index (χ1) is 12.0. The lowest BCUT2D eigenvalue weighted by Gasteiger charge is -2.19. The summed E-state index contributed by atoms with van der Waals surface area (Å²) in [6, 6.07) is 12.1. The lowest BCUT2D eigenvalue weighted by Crippen LogP contribution is -2.43. The number of hydrogen-bond donors (Lipinski definition) is 2. The molecular weight excluding hydrogens is 316 g/mol. The monoisotopic (exact) mass is 342 g/mol. The summed E-state index contributed by atoms with van der Waals surface area (Å²) in [5.74, 6) is 0.579. The van der Waals surface area contributed by atoms with Crippen LogP contribution in [0.3, 0.4) is 0 Å². The Balaban J connectivity index is 2.07. The van der Waals surface area contributed by atoms with Gasteiger partial charge < -0.3 is 15.5 Å². The number of benzene rings is 1. The summed E-state index contributed by atoms with van der Waals surface area (Å²) in [4.78, 5) is 18.0. The minimum atomic E-state index is -0.0117. The van der Waals surface area contributed by atoms with Gasteiger partial charge in [0.15, 0.2) is 5.96 Å². The molecule has 1 amide bonds. The summed E-state index contributed by atoms with van der Waals surface area (Å²) in [6.45, 7) is 2.72. The number of amides is 1. The number of aryl methyl sites for hydroxylation is 1. The molecule has 7 heteroatoms. The molecule has 2 rings (SSSR count). The zero-order valence-corrected chi connectivity index (χ0v) is 15.2. The zero-order valence-electron chi connectivity index (χ0n) is 15.2. The average Bonchev–Trinajstić information content (AvgIpc) is 3.02. The standard InChI is InChI=1S/C18H26N6O/c1-14(15-8-6-5-7-9-15)22-18(20-13-17(25)23(2)3)19-12-16-10-11-21-24(16)4/h5-11,14H,12-13H2,1-4H3,(H2,19,20,22). The summed E-state index contributed by atoms with van der Waals surface area (Å²) >= 11 is 0. The molecule has 0 saturated heterocycles. The van der Waals surface area contributed by atoms with E-state index in [0.29, 0.717) is 12.5 Å². The van der Waals surface area contributed by atoms with Crippen molar-refractivity contribution in [1.82, 2.24) is 25.3 Å². The molecule has 0 aliphatic heterocycles. The molecule has 2 aromatic rings. The molecule has 0 fully saturated rings. The van der Waals surface area contributed by atoms with E-state index in [0.717, 1.165) is 11.3 Å². The molecule has 134 valence electrons. The molecule has 1 atom stereocenters. The highest BCUT2D eigenvalue weighted by molar-refractivity contribution is 5.86. The first kappa shape index (κ1) is 18.5. The van der Waals surface area contributed by atoms with Crippen LogP contribution in [-0.2, 0) is 18.4 Å². The van der Waals surface area contributed by atoms with Crippen LogP contribution in [0.1, 0.15) is 24.2 Å². The molecule has 0 spiro atoms. The second-order valence-corrected chi connectivity index (χ2v) is 6.03. The molecule has 0 radical (unpaired) electrons. The number of likely N-dealkylation sites (N-methyl/N-ethyl adjacent to an activating group) is 1. The van der Waals surface area contributed by atoms with E-state index in [-0.39, 0.29) is 18.5 Å². The van der Waals surface area contributed by atoms with Gasteiger partial charge in [-0.1, -0.05) is 30.3 Å². The van der Waals surface area contributed by atoms with Gasteiger partial charge in [-0.2, -0.15) is 5.10 Å². The summed E-state index contributed by atoms with van der Waals surface area (Å²) in [5, 5.41) is 10.6. The van der Waals surface area contributed by atoms with Gasteiger partial charge in [0.1, 0.15) is 0 Å². The third-order valence-electron chi connectivity index (χ3n) is 3.88. The van der Waals surface area contributed by atoms with Crippen LogP contribution in [-0.4, -0.2) is 47.2 Å². The van der Waals surface area contributed by atoms with Crippen molar-refractivity contribution in [2.75, 3.05) is 20.6 Å². The van der Waals surface area contributed by atoms with Gasteiger partial charge in [0.25, 0.3) is 0 Å². The van der Waals surface area contributed by atoms with Gasteiger partial charge in [-0.25, -0.2) is 4.99 Å². The lowest BCUT2D eigenvalue weighted by atomic mass is 10.1. The minimum Gasteiger partial charge on any atom is -0.350 e. The first-order valence-electron chi connectivity index (χ1n) is 8.24. The van der Waals surface area contributed by atoms with Gasteiger partial charge in [0.05, 0.1) is 24.8 Å². The topological polar surface area (TPSA) is 74.5 Å². The van der Waals surface area contributed by atoms with Crippen molar-refractivity contribution in [1.29, 1.82) is 0 Å². The van der Waals surface area contributed by atoms with Crippen LogP contribution in [0.25, 0.3) is 0 Å². The van der Waals surface area contributed by atoms with E-state index in [1.807, 2.05) is 31.3 Å². The number of rotatable bonds is 6. The summed E-state index contributed by atoms with van der Waals surface area (Å²) in [5.41, 5.74) is 2.14. The molecule has 1 heterocycles. The molecule has 0 saturated carbocycles. The fourth-order valence-electron chi connectivity index (χ4n) is 2.22. The lowest BCUT2D eigenvalue weighted by molar-refractivity contribution is -0.127. The van der Waals surface area contributed by atoms with E-state index in [1.54, 1.807) is 29.9 Å². The quantitative estimate of drug-likeness (QED) is 0.613. The number of aromatic nitrogens is 2. The third kappa shape index (κ3) is 5.63. The molecule has 1 aromatic heterocycles. The van der Waals surface area contributed by atoms with E-state index in [9.17, 15) is 4.79 Å². The number of guanidine groups is 1. The SMILES string of the molecule is CC(NC(=NCc1ccnn1C)NCC(=O)N(C)C)c1ccccc1. The first-order valence-corrected chi connectivity index (χ1v) is 8.24. The molecule has 0 bridgehead atoms. The molecular formula is C18H26N6O. The Morgan fingerprint density at radius 2 is 2.00 bits per heavy atom. The van der Waals surface area contributed by atoms with Gasteiger partial charge in [0, 0.05) is 27.3 Å². The summed E-state index contributed by atoms with van der Waals surface area (Å²) in [6.07, 6.45) is 1.74. The highest BCUT2D eigenvalue weighted by Crippen LogP contribution is 2.11. The maximum absolute atomic E-state index is 11.9. The molecule has 0 aliphatic rings. The van der Waals surface area contributed by atoms with Crippen molar-refractivity contribution in [3.63, 3.8) is 0 Å². The fraction of sp³-hybridized carbons (Fsp3) is 0.389. The van der Waals surface area contributed by atoms with Crippen molar-refractivity contribution in [2.45, 2.75) is 19.5 Å². The normalized spacial score (nSPS) is 12.6. The molecule has 0 aliphatic carbocycles. The van der Waals surface area contributed by atoms with Crippen molar-refractivity contribution < 1.29 is 4.79 Å². The van der Waals surface area contributed by atoms with Gasteiger partial charge >= 0.3 is 0 Å². The highest BCUT2D eigenvalue weighted by atomic mass is 16.2. The predicted octanol–water partition coefficient (Wildman–Crippen LogP) is 1.30. The number of carbonyl (C=O) groups excluding carboxylic acids is 1. The summed E-state index contributed by atoms with van der Waals surface area (Å²) in [7, 11) is 5.35. The number of hydrogen-bond acceptors (Lipinski definition) is 3. The fourth-order valence-corrected chi connectivity index (χ4v) is 2.22.